The Morgan fingerprint density at radius 1 is 1.08 bits per heavy atom. The lowest BCUT2D eigenvalue weighted by Crippen LogP contribution is -2.56. The first kappa shape index (κ1) is 21.2. The minimum absolute atomic E-state index is 0.0609. The summed E-state index contributed by atoms with van der Waals surface area (Å²) >= 11 is 0. The molecule has 3 heteroatoms. The summed E-state index contributed by atoms with van der Waals surface area (Å²) in [5.74, 6) is 1.09. The van der Waals surface area contributed by atoms with E-state index < -0.39 is 0 Å². The smallest absolute Gasteiger partial charge is 0.225 e. The number of rotatable bonds is 6. The van der Waals surface area contributed by atoms with Gasteiger partial charge in [0.1, 0.15) is 5.78 Å². The van der Waals surface area contributed by atoms with Gasteiger partial charge in [-0.2, -0.15) is 0 Å². The van der Waals surface area contributed by atoms with E-state index in [4.69, 9.17) is 0 Å². The van der Waals surface area contributed by atoms with Gasteiger partial charge in [0, 0.05) is 23.8 Å². The summed E-state index contributed by atoms with van der Waals surface area (Å²) in [6.07, 6.45) is 3.19. The molecule has 0 heterocycles. The van der Waals surface area contributed by atoms with Gasteiger partial charge in [-0.3, -0.25) is 9.59 Å². The molecular formula is C21H39NO2. The maximum absolute atomic E-state index is 12.9. The molecule has 1 fully saturated rings. The predicted molar refractivity (Wildman–Crippen MR) is 101 cm³/mol. The molecule has 0 aromatic rings. The van der Waals surface area contributed by atoms with E-state index in [1.54, 1.807) is 0 Å². The quantitative estimate of drug-likeness (QED) is 0.742. The average Bonchev–Trinajstić information content (AvgIpc) is 2.40. The third-order valence-corrected chi connectivity index (χ3v) is 5.92. The van der Waals surface area contributed by atoms with Crippen LogP contribution in [0.4, 0.5) is 0 Å². The summed E-state index contributed by atoms with van der Waals surface area (Å²) in [5, 5.41) is 3.34. The number of hydrogen-bond donors (Lipinski definition) is 1. The molecular weight excluding hydrogens is 298 g/mol. The van der Waals surface area contributed by atoms with Crippen LogP contribution in [0.15, 0.2) is 0 Å². The monoisotopic (exact) mass is 337 g/mol. The van der Waals surface area contributed by atoms with E-state index in [1.165, 1.54) is 0 Å². The Morgan fingerprint density at radius 2 is 1.62 bits per heavy atom. The van der Waals surface area contributed by atoms with Gasteiger partial charge >= 0.3 is 0 Å². The number of amides is 1. The minimum Gasteiger partial charge on any atom is -0.352 e. The highest BCUT2D eigenvalue weighted by atomic mass is 16.2. The molecule has 1 rings (SSSR count). The van der Waals surface area contributed by atoms with Crippen molar-refractivity contribution in [1.29, 1.82) is 0 Å². The molecule has 0 radical (unpaired) electrons. The van der Waals surface area contributed by atoms with Crippen molar-refractivity contribution >= 4 is 11.7 Å². The van der Waals surface area contributed by atoms with E-state index in [1.807, 2.05) is 20.8 Å². The average molecular weight is 338 g/mol. The highest BCUT2D eigenvalue weighted by Gasteiger charge is 2.49. The summed E-state index contributed by atoms with van der Waals surface area (Å²) in [5.41, 5.74) is -0.484. The number of carbonyl (C=O) groups is 2. The zero-order valence-electron chi connectivity index (χ0n) is 17.4. The van der Waals surface area contributed by atoms with E-state index in [2.05, 4.69) is 46.9 Å². The Kier molecular flexibility index (Phi) is 6.33. The van der Waals surface area contributed by atoms with Gasteiger partial charge in [-0.1, -0.05) is 62.3 Å². The molecule has 0 aliphatic heterocycles. The Hall–Kier alpha value is -0.860. The topological polar surface area (TPSA) is 46.2 Å². The lowest BCUT2D eigenvalue weighted by molar-refractivity contribution is -0.136. The van der Waals surface area contributed by atoms with Gasteiger partial charge in [0.2, 0.25) is 5.91 Å². The SMILES string of the molecule is CCC(=O)C1CC(C)(C)C(NC(=O)C(C)(C)CC(C)C)CC1(C)C. The molecule has 0 spiro atoms. The third kappa shape index (κ3) is 4.83. The molecule has 0 aromatic heterocycles. The van der Waals surface area contributed by atoms with E-state index in [0.717, 1.165) is 19.3 Å². The minimum atomic E-state index is -0.357. The molecule has 1 aliphatic rings. The second-order valence-electron chi connectivity index (χ2n) is 10.3. The van der Waals surface area contributed by atoms with Crippen LogP contribution in [0.2, 0.25) is 0 Å². The van der Waals surface area contributed by atoms with Crippen LogP contribution >= 0.6 is 0 Å². The second kappa shape index (κ2) is 7.17. The van der Waals surface area contributed by atoms with Crippen LogP contribution in [0.25, 0.3) is 0 Å². The highest BCUT2D eigenvalue weighted by Crippen LogP contribution is 2.49. The summed E-state index contributed by atoms with van der Waals surface area (Å²) in [6.45, 7) is 19.1. The number of hydrogen-bond acceptors (Lipinski definition) is 2. The number of carbonyl (C=O) groups excluding carboxylic acids is 2. The first-order chi connectivity index (χ1) is 10.7. The van der Waals surface area contributed by atoms with Gasteiger partial charge in [-0.15, -0.1) is 0 Å². The first-order valence-electron chi connectivity index (χ1n) is 9.56. The lowest BCUT2D eigenvalue weighted by Gasteiger charge is -2.51. The summed E-state index contributed by atoms with van der Waals surface area (Å²) in [4.78, 5) is 25.3. The first-order valence-corrected chi connectivity index (χ1v) is 9.56. The summed E-state index contributed by atoms with van der Waals surface area (Å²) < 4.78 is 0. The molecule has 1 aliphatic carbocycles. The summed E-state index contributed by atoms with van der Waals surface area (Å²) in [7, 11) is 0. The van der Waals surface area contributed by atoms with Gasteiger partial charge in [0.05, 0.1) is 0 Å². The number of ketones is 1. The van der Waals surface area contributed by atoms with Crippen molar-refractivity contribution in [2.45, 2.75) is 94.0 Å². The Labute approximate surface area is 149 Å². The van der Waals surface area contributed by atoms with E-state index in [-0.39, 0.29) is 34.1 Å². The molecule has 24 heavy (non-hydrogen) atoms. The van der Waals surface area contributed by atoms with E-state index in [0.29, 0.717) is 18.1 Å². The molecule has 3 nitrogen and oxygen atoms in total. The fourth-order valence-electron chi connectivity index (χ4n) is 4.40. The maximum atomic E-state index is 12.9. The number of Topliss-reactive ketones (excluding diaryl/α,β-unsaturated/α-hetero) is 1. The predicted octanol–water partition coefficient (Wildman–Crippen LogP) is 4.99. The largest absolute Gasteiger partial charge is 0.352 e. The van der Waals surface area contributed by atoms with Gasteiger partial charge in [-0.05, 0) is 36.0 Å². The van der Waals surface area contributed by atoms with Gasteiger partial charge in [0.15, 0.2) is 0 Å². The van der Waals surface area contributed by atoms with Gasteiger partial charge < -0.3 is 5.32 Å². The van der Waals surface area contributed by atoms with Crippen molar-refractivity contribution in [1.82, 2.24) is 5.32 Å². The van der Waals surface area contributed by atoms with E-state index in [9.17, 15) is 9.59 Å². The van der Waals surface area contributed by atoms with Crippen LogP contribution in [0.1, 0.15) is 88.0 Å². The second-order valence-corrected chi connectivity index (χ2v) is 10.3. The van der Waals surface area contributed by atoms with Crippen molar-refractivity contribution < 1.29 is 9.59 Å². The summed E-state index contributed by atoms with van der Waals surface area (Å²) in [6, 6.07) is 0.118. The molecule has 0 saturated heterocycles. The molecule has 2 atom stereocenters. The van der Waals surface area contributed by atoms with Crippen molar-refractivity contribution in [3.63, 3.8) is 0 Å². The van der Waals surface area contributed by atoms with E-state index >= 15 is 0 Å². The molecule has 0 bridgehead atoms. The van der Waals surface area contributed by atoms with Crippen LogP contribution < -0.4 is 5.32 Å². The molecule has 1 saturated carbocycles. The number of nitrogens with one attached hydrogen (secondary N) is 1. The molecule has 2 unspecified atom stereocenters. The van der Waals surface area contributed by atoms with Crippen LogP contribution in [0.5, 0.6) is 0 Å². The Morgan fingerprint density at radius 3 is 2.08 bits per heavy atom. The molecule has 1 N–H and O–H groups in total. The highest BCUT2D eigenvalue weighted by molar-refractivity contribution is 5.83. The third-order valence-electron chi connectivity index (χ3n) is 5.92. The Bertz CT molecular complexity index is 474. The molecule has 140 valence electrons. The standard InChI is InChI=1S/C21H39NO2/c1-10-16(23)15-12-20(6,7)17(13-19(15,4)5)22-18(24)21(8,9)11-14(2)3/h14-15,17H,10-13H2,1-9H3,(H,22,24). The van der Waals surface area contributed by atoms with Crippen molar-refractivity contribution in [2.75, 3.05) is 0 Å². The lowest BCUT2D eigenvalue weighted by atomic mass is 9.57. The Balaban J connectivity index is 2.94. The van der Waals surface area contributed by atoms with Crippen LogP contribution in [-0.2, 0) is 9.59 Å². The van der Waals surface area contributed by atoms with Crippen LogP contribution in [0, 0.1) is 28.1 Å². The molecule has 1 amide bonds. The van der Waals surface area contributed by atoms with Crippen LogP contribution in [0.3, 0.4) is 0 Å². The van der Waals surface area contributed by atoms with Crippen molar-refractivity contribution in [3.05, 3.63) is 0 Å². The maximum Gasteiger partial charge on any atom is 0.225 e. The molecule has 0 aromatic carbocycles. The normalized spacial score (nSPS) is 26.2. The van der Waals surface area contributed by atoms with Crippen molar-refractivity contribution in [2.24, 2.45) is 28.1 Å². The fourth-order valence-corrected chi connectivity index (χ4v) is 4.40. The van der Waals surface area contributed by atoms with Crippen LogP contribution in [-0.4, -0.2) is 17.7 Å². The zero-order chi connectivity index (χ0) is 18.9. The fraction of sp³-hybridized carbons (Fsp3) is 0.905. The van der Waals surface area contributed by atoms with Gasteiger partial charge in [0.25, 0.3) is 0 Å². The van der Waals surface area contributed by atoms with Crippen molar-refractivity contribution in [3.8, 4) is 0 Å². The zero-order valence-corrected chi connectivity index (χ0v) is 17.4. The van der Waals surface area contributed by atoms with Gasteiger partial charge in [-0.25, -0.2) is 0 Å².